The van der Waals surface area contributed by atoms with Crippen LogP contribution in [-0.4, -0.2) is 44.0 Å². The smallest absolute Gasteiger partial charge is 0.228 e. The molecule has 7 heteroatoms. The molecule has 1 N–H and O–H groups in total. The number of amides is 1. The number of nitrogens with zero attached hydrogens (tertiary/aromatic N) is 4. The van der Waals surface area contributed by atoms with Crippen molar-refractivity contribution >= 4 is 11.6 Å². The first-order chi connectivity index (χ1) is 14.2. The molecule has 1 amide bonds. The molecule has 1 aromatic carbocycles. The lowest BCUT2D eigenvalue weighted by atomic mass is 10.0. The van der Waals surface area contributed by atoms with Crippen molar-refractivity contribution in [1.82, 2.24) is 24.5 Å². The summed E-state index contributed by atoms with van der Waals surface area (Å²) in [6.07, 6.45) is 4.82. The molecular formula is C22H21N5O2. The summed E-state index contributed by atoms with van der Waals surface area (Å²) < 4.78 is 7.30. The molecule has 4 aromatic rings. The molecule has 0 aliphatic carbocycles. The number of rotatable bonds is 4. The van der Waals surface area contributed by atoms with Gasteiger partial charge < -0.3 is 14.0 Å². The summed E-state index contributed by atoms with van der Waals surface area (Å²) in [5, 5.41) is 7.67. The summed E-state index contributed by atoms with van der Waals surface area (Å²) in [7, 11) is 1.65. The van der Waals surface area contributed by atoms with E-state index >= 15 is 0 Å². The Bertz CT molecular complexity index is 1190. The highest BCUT2D eigenvalue weighted by Crippen LogP contribution is 2.30. The molecule has 1 aliphatic heterocycles. The highest BCUT2D eigenvalue weighted by molar-refractivity contribution is 5.79. The average molecular weight is 387 g/mol. The van der Waals surface area contributed by atoms with Crippen LogP contribution in [0.5, 0.6) is 5.75 Å². The summed E-state index contributed by atoms with van der Waals surface area (Å²) in [5.41, 5.74) is 5.80. The van der Waals surface area contributed by atoms with Crippen molar-refractivity contribution in [2.24, 2.45) is 0 Å². The van der Waals surface area contributed by atoms with Gasteiger partial charge in [0, 0.05) is 48.7 Å². The monoisotopic (exact) mass is 387 g/mol. The van der Waals surface area contributed by atoms with Crippen molar-refractivity contribution in [3.05, 3.63) is 71.8 Å². The van der Waals surface area contributed by atoms with Crippen LogP contribution >= 0.6 is 0 Å². The second-order valence-electron chi connectivity index (χ2n) is 7.18. The Hall–Kier alpha value is -3.61. The van der Waals surface area contributed by atoms with Crippen LogP contribution in [0, 0.1) is 0 Å². The van der Waals surface area contributed by atoms with E-state index in [2.05, 4.69) is 15.2 Å². The number of aromatic amines is 1. The van der Waals surface area contributed by atoms with Crippen molar-refractivity contribution in [2.75, 3.05) is 13.7 Å². The minimum absolute atomic E-state index is 0.0964. The number of fused-ring (bicyclic) bond motifs is 2. The molecule has 3 aromatic heterocycles. The van der Waals surface area contributed by atoms with Gasteiger partial charge in [-0.3, -0.25) is 9.89 Å². The maximum absolute atomic E-state index is 13.0. The second kappa shape index (κ2) is 7.09. The van der Waals surface area contributed by atoms with Gasteiger partial charge in [0.2, 0.25) is 5.91 Å². The van der Waals surface area contributed by atoms with Gasteiger partial charge in [0.25, 0.3) is 0 Å². The fourth-order valence-corrected chi connectivity index (χ4v) is 3.90. The van der Waals surface area contributed by atoms with Gasteiger partial charge in [0.1, 0.15) is 11.4 Å². The molecule has 0 unspecified atom stereocenters. The summed E-state index contributed by atoms with van der Waals surface area (Å²) >= 11 is 0. The van der Waals surface area contributed by atoms with Crippen molar-refractivity contribution in [2.45, 2.75) is 19.4 Å². The first-order valence-corrected chi connectivity index (χ1v) is 9.62. The van der Waals surface area contributed by atoms with Crippen LogP contribution in [-0.2, 0) is 24.2 Å². The van der Waals surface area contributed by atoms with Crippen LogP contribution < -0.4 is 4.74 Å². The van der Waals surface area contributed by atoms with Crippen LogP contribution in [0.2, 0.25) is 0 Å². The van der Waals surface area contributed by atoms with Crippen LogP contribution in [0.3, 0.4) is 0 Å². The Morgan fingerprint density at radius 3 is 3.07 bits per heavy atom. The number of methoxy groups -OCH3 is 1. The number of nitrogens with one attached hydrogen (secondary N) is 1. The number of aromatic nitrogens is 4. The zero-order valence-corrected chi connectivity index (χ0v) is 16.1. The van der Waals surface area contributed by atoms with Gasteiger partial charge in [-0.1, -0.05) is 18.2 Å². The first kappa shape index (κ1) is 17.5. The standard InChI is InChI=1S/C22H21N5O2/c1-29-17-6-4-5-15(11-17)22-18-14-26(10-8-19(18)24-25-22)21(28)12-16-13-23-20-7-2-3-9-27(16)20/h2-7,9,11,13H,8,10,12,14H2,1H3,(H,24,25). The number of hydrogen-bond acceptors (Lipinski definition) is 4. The predicted molar refractivity (Wildman–Crippen MR) is 109 cm³/mol. The molecule has 4 heterocycles. The van der Waals surface area contributed by atoms with Gasteiger partial charge >= 0.3 is 0 Å². The van der Waals surface area contributed by atoms with E-state index in [4.69, 9.17) is 4.74 Å². The van der Waals surface area contributed by atoms with E-state index in [0.29, 0.717) is 19.5 Å². The number of pyridine rings is 1. The largest absolute Gasteiger partial charge is 0.497 e. The molecule has 0 spiro atoms. The van der Waals surface area contributed by atoms with E-state index in [1.807, 2.05) is 58.0 Å². The Labute approximate surface area is 167 Å². The number of benzene rings is 1. The lowest BCUT2D eigenvalue weighted by Crippen LogP contribution is -2.37. The Morgan fingerprint density at radius 2 is 2.17 bits per heavy atom. The lowest BCUT2D eigenvalue weighted by molar-refractivity contribution is -0.131. The van der Waals surface area contributed by atoms with E-state index in [0.717, 1.165) is 46.0 Å². The van der Waals surface area contributed by atoms with Crippen LogP contribution in [0.25, 0.3) is 16.9 Å². The number of carbonyl (C=O) groups is 1. The van der Waals surface area contributed by atoms with Crippen molar-refractivity contribution < 1.29 is 9.53 Å². The van der Waals surface area contributed by atoms with E-state index in [1.54, 1.807) is 13.3 Å². The van der Waals surface area contributed by atoms with Crippen molar-refractivity contribution in [3.8, 4) is 17.0 Å². The number of ether oxygens (including phenoxy) is 1. The summed E-state index contributed by atoms with van der Waals surface area (Å²) in [5.74, 6) is 0.884. The van der Waals surface area contributed by atoms with E-state index in [-0.39, 0.29) is 5.91 Å². The SMILES string of the molecule is COc1cccc(-c2n[nH]c3c2CN(C(=O)Cc2cnc4ccccn24)CC3)c1. The van der Waals surface area contributed by atoms with E-state index in [9.17, 15) is 4.79 Å². The van der Waals surface area contributed by atoms with Gasteiger partial charge in [-0.15, -0.1) is 0 Å². The lowest BCUT2D eigenvalue weighted by Gasteiger charge is -2.27. The zero-order valence-electron chi connectivity index (χ0n) is 16.1. The first-order valence-electron chi connectivity index (χ1n) is 9.62. The van der Waals surface area contributed by atoms with Gasteiger partial charge in [0.05, 0.1) is 24.9 Å². The number of hydrogen-bond donors (Lipinski definition) is 1. The van der Waals surface area contributed by atoms with Gasteiger partial charge in [-0.05, 0) is 24.3 Å². The van der Waals surface area contributed by atoms with Crippen molar-refractivity contribution in [1.29, 1.82) is 0 Å². The van der Waals surface area contributed by atoms with Crippen LogP contribution in [0.4, 0.5) is 0 Å². The van der Waals surface area contributed by atoms with Crippen LogP contribution in [0.15, 0.2) is 54.9 Å². The average Bonchev–Trinajstić information content (AvgIpc) is 3.37. The predicted octanol–water partition coefficient (Wildman–Crippen LogP) is 2.86. The summed E-state index contributed by atoms with van der Waals surface area (Å²) in [4.78, 5) is 19.3. The second-order valence-corrected chi connectivity index (χ2v) is 7.18. The van der Waals surface area contributed by atoms with E-state index < -0.39 is 0 Å². The normalized spacial score (nSPS) is 13.5. The van der Waals surface area contributed by atoms with Crippen molar-refractivity contribution in [3.63, 3.8) is 0 Å². The third-order valence-electron chi connectivity index (χ3n) is 5.46. The molecule has 5 rings (SSSR count). The molecule has 7 nitrogen and oxygen atoms in total. The zero-order chi connectivity index (χ0) is 19.8. The Kier molecular flexibility index (Phi) is 4.27. The summed E-state index contributed by atoms with van der Waals surface area (Å²) in [6, 6.07) is 13.7. The fourth-order valence-electron chi connectivity index (χ4n) is 3.90. The van der Waals surface area contributed by atoms with Gasteiger partial charge in [-0.2, -0.15) is 5.10 Å². The number of imidazole rings is 1. The molecule has 0 fully saturated rings. The Morgan fingerprint density at radius 1 is 1.24 bits per heavy atom. The molecule has 29 heavy (non-hydrogen) atoms. The molecule has 0 radical (unpaired) electrons. The fraction of sp³-hybridized carbons (Fsp3) is 0.227. The van der Waals surface area contributed by atoms with Gasteiger partial charge in [0.15, 0.2) is 0 Å². The maximum Gasteiger partial charge on any atom is 0.228 e. The highest BCUT2D eigenvalue weighted by atomic mass is 16.5. The summed E-state index contributed by atoms with van der Waals surface area (Å²) in [6.45, 7) is 1.23. The molecule has 0 saturated carbocycles. The molecular weight excluding hydrogens is 366 g/mol. The third kappa shape index (κ3) is 3.14. The minimum atomic E-state index is 0.0964. The molecule has 1 aliphatic rings. The molecule has 146 valence electrons. The maximum atomic E-state index is 13.0. The molecule has 0 atom stereocenters. The Balaban J connectivity index is 1.39. The third-order valence-corrected chi connectivity index (χ3v) is 5.46. The van der Waals surface area contributed by atoms with E-state index in [1.165, 1.54) is 0 Å². The van der Waals surface area contributed by atoms with Gasteiger partial charge in [-0.25, -0.2) is 4.98 Å². The quantitative estimate of drug-likeness (QED) is 0.584. The number of H-pyrrole nitrogens is 1. The highest BCUT2D eigenvalue weighted by Gasteiger charge is 2.26. The molecule has 0 saturated heterocycles. The molecule has 0 bridgehead atoms. The minimum Gasteiger partial charge on any atom is -0.497 e. The topological polar surface area (TPSA) is 75.5 Å². The van der Waals surface area contributed by atoms with Crippen LogP contribution in [0.1, 0.15) is 17.0 Å². The number of carbonyl (C=O) groups excluding carboxylic acids is 1.